The summed E-state index contributed by atoms with van der Waals surface area (Å²) in [5, 5.41) is 2.98. The monoisotopic (exact) mass is 595 g/mol. The first kappa shape index (κ1) is 32.8. The van der Waals surface area contributed by atoms with Crippen LogP contribution in [0.3, 0.4) is 0 Å². The summed E-state index contributed by atoms with van der Waals surface area (Å²) in [6.45, 7) is 6.57. The molecule has 0 saturated heterocycles. The van der Waals surface area contributed by atoms with Crippen molar-refractivity contribution in [1.29, 1.82) is 0 Å². The Morgan fingerprint density at radius 3 is 2.24 bits per heavy atom. The molecule has 1 unspecified atom stereocenters. The standard InChI is InChI=1S/C33H42FN3O4S/c1-5-6-21-35-33(39)31(23-27-13-8-7-9-14-27)36(24-28-17-19-29(34)20-18-28)32(38)16-11-22-37(42(4,40)41)30-15-10-12-25(2)26(30)3/h7-10,12-15,17-20,31H,5-6,11,16,21-24H2,1-4H3,(H,35,39). The van der Waals surface area contributed by atoms with Gasteiger partial charge in [0.1, 0.15) is 11.9 Å². The van der Waals surface area contributed by atoms with Crippen molar-refractivity contribution in [3.8, 4) is 0 Å². The average molecular weight is 596 g/mol. The second-order valence-electron chi connectivity index (χ2n) is 10.7. The van der Waals surface area contributed by atoms with Gasteiger partial charge in [-0.05, 0) is 67.1 Å². The van der Waals surface area contributed by atoms with Crippen LogP contribution in [0.25, 0.3) is 0 Å². The summed E-state index contributed by atoms with van der Waals surface area (Å²) in [6, 6.07) is 20.1. The van der Waals surface area contributed by atoms with E-state index in [1.54, 1.807) is 23.1 Å². The van der Waals surface area contributed by atoms with Gasteiger partial charge in [-0.15, -0.1) is 0 Å². The Hall–Kier alpha value is -3.72. The maximum Gasteiger partial charge on any atom is 0.243 e. The van der Waals surface area contributed by atoms with Gasteiger partial charge in [-0.2, -0.15) is 0 Å². The molecule has 0 aliphatic rings. The van der Waals surface area contributed by atoms with E-state index < -0.39 is 16.1 Å². The summed E-state index contributed by atoms with van der Waals surface area (Å²) in [5.74, 6) is -0.918. The van der Waals surface area contributed by atoms with Gasteiger partial charge in [-0.25, -0.2) is 12.8 Å². The summed E-state index contributed by atoms with van der Waals surface area (Å²) < 4.78 is 40.5. The predicted octanol–water partition coefficient (Wildman–Crippen LogP) is 5.55. The number of nitrogens with zero attached hydrogens (tertiary/aromatic N) is 2. The van der Waals surface area contributed by atoms with Gasteiger partial charge in [0.25, 0.3) is 0 Å². The number of carbonyl (C=O) groups is 2. The van der Waals surface area contributed by atoms with E-state index in [2.05, 4.69) is 5.32 Å². The Labute approximate surface area is 249 Å². The maximum atomic E-state index is 13.9. The maximum absolute atomic E-state index is 13.9. The number of carbonyl (C=O) groups excluding carboxylic acids is 2. The molecule has 0 radical (unpaired) electrons. The summed E-state index contributed by atoms with van der Waals surface area (Å²) in [6.07, 6.45) is 3.49. The molecule has 0 saturated carbocycles. The lowest BCUT2D eigenvalue weighted by Gasteiger charge is -2.32. The number of unbranched alkanes of at least 4 members (excludes halogenated alkanes) is 1. The van der Waals surface area contributed by atoms with Crippen molar-refractivity contribution >= 4 is 27.5 Å². The van der Waals surface area contributed by atoms with Crippen LogP contribution in [-0.4, -0.2) is 50.5 Å². The fourth-order valence-electron chi connectivity index (χ4n) is 4.83. The molecule has 7 nitrogen and oxygen atoms in total. The van der Waals surface area contributed by atoms with Crippen LogP contribution < -0.4 is 9.62 Å². The van der Waals surface area contributed by atoms with Gasteiger partial charge < -0.3 is 10.2 Å². The largest absolute Gasteiger partial charge is 0.354 e. The van der Waals surface area contributed by atoms with Gasteiger partial charge >= 0.3 is 0 Å². The summed E-state index contributed by atoms with van der Waals surface area (Å²) >= 11 is 0. The van der Waals surface area contributed by atoms with Gasteiger partial charge in [0.2, 0.25) is 21.8 Å². The Balaban J connectivity index is 1.88. The molecule has 0 spiro atoms. The number of hydrogen-bond acceptors (Lipinski definition) is 4. The van der Waals surface area contributed by atoms with Gasteiger partial charge in [0, 0.05) is 32.5 Å². The topological polar surface area (TPSA) is 86.8 Å². The predicted molar refractivity (Wildman–Crippen MR) is 166 cm³/mol. The Bertz CT molecular complexity index is 1430. The molecule has 3 aromatic rings. The molecular formula is C33H42FN3O4S. The summed E-state index contributed by atoms with van der Waals surface area (Å²) in [5.41, 5.74) is 4.02. The third kappa shape index (κ3) is 9.41. The van der Waals surface area contributed by atoms with Crippen LogP contribution in [0.15, 0.2) is 72.8 Å². The number of halogens is 1. The summed E-state index contributed by atoms with van der Waals surface area (Å²) in [7, 11) is -3.60. The lowest BCUT2D eigenvalue weighted by atomic mass is 10.0. The van der Waals surface area contributed by atoms with Crippen LogP contribution >= 0.6 is 0 Å². The number of nitrogens with one attached hydrogen (secondary N) is 1. The minimum absolute atomic E-state index is 0.0333. The normalized spacial score (nSPS) is 12.0. The number of amides is 2. The molecule has 1 N–H and O–H groups in total. The fraction of sp³-hybridized carbons (Fsp3) is 0.394. The van der Waals surface area contributed by atoms with Crippen LogP contribution in [0, 0.1) is 19.7 Å². The zero-order valence-electron chi connectivity index (χ0n) is 25.0. The van der Waals surface area contributed by atoms with Crippen molar-refractivity contribution < 1.29 is 22.4 Å². The van der Waals surface area contributed by atoms with Crippen molar-refractivity contribution in [2.45, 2.75) is 65.5 Å². The SMILES string of the molecule is CCCCNC(=O)C(Cc1ccccc1)N(Cc1ccc(F)cc1)C(=O)CCCN(c1cccc(C)c1C)S(C)(=O)=O. The summed E-state index contributed by atoms with van der Waals surface area (Å²) in [4.78, 5) is 28.9. The minimum Gasteiger partial charge on any atom is -0.354 e. The highest BCUT2D eigenvalue weighted by atomic mass is 32.2. The zero-order chi connectivity index (χ0) is 30.7. The van der Waals surface area contributed by atoms with E-state index in [-0.39, 0.29) is 43.6 Å². The van der Waals surface area contributed by atoms with Crippen molar-refractivity contribution in [1.82, 2.24) is 10.2 Å². The van der Waals surface area contributed by atoms with E-state index in [0.717, 1.165) is 35.8 Å². The van der Waals surface area contributed by atoms with Gasteiger partial charge in [0.15, 0.2) is 0 Å². The first-order chi connectivity index (χ1) is 20.0. The molecule has 0 aromatic heterocycles. The van der Waals surface area contributed by atoms with Crippen LogP contribution in [0.5, 0.6) is 0 Å². The number of benzene rings is 3. The van der Waals surface area contributed by atoms with Crippen LogP contribution in [0.2, 0.25) is 0 Å². The second kappa shape index (κ2) is 15.5. The van der Waals surface area contributed by atoms with Gasteiger partial charge in [0.05, 0.1) is 11.9 Å². The van der Waals surface area contributed by atoms with Crippen molar-refractivity contribution in [3.05, 3.63) is 101 Å². The molecule has 0 heterocycles. The van der Waals surface area contributed by atoms with E-state index >= 15 is 0 Å². The lowest BCUT2D eigenvalue weighted by molar-refractivity contribution is -0.141. The number of aryl methyl sites for hydroxylation is 1. The molecule has 2 amide bonds. The molecule has 1 atom stereocenters. The highest BCUT2D eigenvalue weighted by molar-refractivity contribution is 7.92. The number of anilines is 1. The van der Waals surface area contributed by atoms with Gasteiger partial charge in [-0.1, -0.05) is 67.9 Å². The molecule has 0 fully saturated rings. The van der Waals surface area contributed by atoms with Crippen LogP contribution in [0.1, 0.15) is 54.9 Å². The fourth-order valence-corrected chi connectivity index (χ4v) is 5.85. The van der Waals surface area contributed by atoms with E-state index in [1.165, 1.54) is 16.4 Å². The van der Waals surface area contributed by atoms with Crippen LogP contribution in [0.4, 0.5) is 10.1 Å². The molecule has 42 heavy (non-hydrogen) atoms. The molecule has 0 bridgehead atoms. The van der Waals surface area contributed by atoms with Gasteiger partial charge in [-0.3, -0.25) is 13.9 Å². The van der Waals surface area contributed by atoms with Crippen LogP contribution in [-0.2, 0) is 32.6 Å². The molecule has 9 heteroatoms. The third-order valence-corrected chi connectivity index (χ3v) is 8.54. The quantitative estimate of drug-likeness (QED) is 0.234. The lowest BCUT2D eigenvalue weighted by Crippen LogP contribution is -2.50. The number of rotatable bonds is 15. The van der Waals surface area contributed by atoms with E-state index in [4.69, 9.17) is 0 Å². The van der Waals surface area contributed by atoms with E-state index in [9.17, 15) is 22.4 Å². The molecule has 0 aliphatic carbocycles. The van der Waals surface area contributed by atoms with Crippen molar-refractivity contribution in [3.63, 3.8) is 0 Å². The van der Waals surface area contributed by atoms with E-state index in [0.29, 0.717) is 24.2 Å². The Morgan fingerprint density at radius 1 is 0.905 bits per heavy atom. The van der Waals surface area contributed by atoms with Crippen molar-refractivity contribution in [2.75, 3.05) is 23.7 Å². The first-order valence-corrected chi connectivity index (χ1v) is 16.3. The number of hydrogen-bond donors (Lipinski definition) is 1. The first-order valence-electron chi connectivity index (χ1n) is 14.4. The highest BCUT2D eigenvalue weighted by Gasteiger charge is 2.30. The molecule has 3 aromatic carbocycles. The second-order valence-corrected chi connectivity index (χ2v) is 12.6. The zero-order valence-corrected chi connectivity index (χ0v) is 25.8. The molecular weight excluding hydrogens is 553 g/mol. The smallest absolute Gasteiger partial charge is 0.243 e. The minimum atomic E-state index is -3.60. The van der Waals surface area contributed by atoms with E-state index in [1.807, 2.05) is 63.2 Å². The Kier molecular flexibility index (Phi) is 12.1. The van der Waals surface area contributed by atoms with Crippen molar-refractivity contribution in [2.24, 2.45) is 0 Å². The Morgan fingerprint density at radius 2 is 1.60 bits per heavy atom. The highest BCUT2D eigenvalue weighted by Crippen LogP contribution is 2.26. The third-order valence-electron chi connectivity index (χ3n) is 7.36. The molecule has 3 rings (SSSR count). The average Bonchev–Trinajstić information content (AvgIpc) is 2.95. The molecule has 226 valence electrons. The molecule has 0 aliphatic heterocycles. The number of sulfonamides is 1.